The van der Waals surface area contributed by atoms with Crippen molar-refractivity contribution in [3.8, 4) is 33.5 Å². The fourth-order valence-corrected chi connectivity index (χ4v) is 6.08. The lowest BCUT2D eigenvalue weighted by Gasteiger charge is -2.07. The summed E-state index contributed by atoms with van der Waals surface area (Å²) >= 11 is 3.88. The molecular formula is C23H16N6O2S3. The molecule has 4 heterocycles. The molecule has 1 aromatic carbocycles. The lowest BCUT2D eigenvalue weighted by atomic mass is 10.0. The Morgan fingerprint density at radius 2 is 1.97 bits per heavy atom. The number of ether oxygens (including phenoxy) is 1. The van der Waals surface area contributed by atoms with Gasteiger partial charge >= 0.3 is 0 Å². The number of para-hydroxylation sites is 1. The van der Waals surface area contributed by atoms with Gasteiger partial charge in [-0.2, -0.15) is 5.26 Å². The number of thiophene rings is 2. The highest BCUT2D eigenvalue weighted by atomic mass is 32.1. The molecule has 0 aliphatic carbocycles. The van der Waals surface area contributed by atoms with Gasteiger partial charge in [-0.05, 0) is 23.6 Å². The maximum Gasteiger partial charge on any atom is 0.269 e. The van der Waals surface area contributed by atoms with E-state index in [0.29, 0.717) is 32.4 Å². The van der Waals surface area contributed by atoms with Crippen LogP contribution in [0.4, 0.5) is 16.6 Å². The van der Waals surface area contributed by atoms with Gasteiger partial charge in [0.25, 0.3) is 5.91 Å². The third-order valence-electron chi connectivity index (χ3n) is 5.10. The molecule has 0 saturated carbocycles. The Hall–Kier alpha value is -3.98. The van der Waals surface area contributed by atoms with E-state index < -0.39 is 5.91 Å². The van der Waals surface area contributed by atoms with Gasteiger partial charge in [0.2, 0.25) is 0 Å². The number of rotatable bonds is 5. The minimum Gasteiger partial charge on any atom is -0.496 e. The fourth-order valence-electron chi connectivity index (χ4n) is 3.58. The topological polar surface area (TPSA) is 140 Å². The number of anilines is 3. The Balaban J connectivity index is 1.53. The number of fused-ring (bicyclic) bond motifs is 1. The van der Waals surface area contributed by atoms with E-state index >= 15 is 0 Å². The van der Waals surface area contributed by atoms with Crippen molar-refractivity contribution in [1.29, 1.82) is 5.26 Å². The maximum absolute atomic E-state index is 13.2. The summed E-state index contributed by atoms with van der Waals surface area (Å²) in [5, 5.41) is 17.2. The molecule has 0 saturated heterocycles. The number of hydrogen-bond donors (Lipinski definition) is 3. The fraction of sp³-hybridized carbons (Fsp3) is 0.0435. The Morgan fingerprint density at radius 3 is 2.71 bits per heavy atom. The van der Waals surface area contributed by atoms with Crippen LogP contribution in [0.15, 0.2) is 47.2 Å². The molecule has 5 rings (SSSR count). The molecule has 0 bridgehead atoms. The van der Waals surface area contributed by atoms with Crippen LogP contribution >= 0.6 is 34.0 Å². The molecule has 4 aromatic heterocycles. The summed E-state index contributed by atoms with van der Waals surface area (Å²) in [6, 6.07) is 13.4. The van der Waals surface area contributed by atoms with Crippen molar-refractivity contribution in [2.75, 3.05) is 23.9 Å². The van der Waals surface area contributed by atoms with E-state index in [0.717, 1.165) is 21.8 Å². The zero-order chi connectivity index (χ0) is 23.8. The second kappa shape index (κ2) is 8.75. The van der Waals surface area contributed by atoms with Gasteiger partial charge in [0.05, 0.1) is 18.5 Å². The first-order chi connectivity index (χ1) is 16.5. The highest BCUT2D eigenvalue weighted by molar-refractivity contribution is 7.21. The summed E-state index contributed by atoms with van der Waals surface area (Å²) in [5.41, 5.74) is 15.1. The number of nitrogen functional groups attached to an aromatic ring is 2. The van der Waals surface area contributed by atoms with E-state index in [-0.39, 0.29) is 21.9 Å². The van der Waals surface area contributed by atoms with Crippen molar-refractivity contribution in [3.05, 3.63) is 57.6 Å². The number of nitriles is 1. The lowest BCUT2D eigenvalue weighted by molar-refractivity contribution is 0.103. The highest BCUT2D eigenvalue weighted by Crippen LogP contribution is 2.44. The second-order valence-electron chi connectivity index (χ2n) is 7.05. The van der Waals surface area contributed by atoms with Crippen molar-refractivity contribution in [2.45, 2.75) is 0 Å². The number of carbonyl (C=O) groups is 1. The number of aromatic nitrogens is 2. The smallest absolute Gasteiger partial charge is 0.269 e. The number of nitrogens with two attached hydrogens (primary N) is 2. The number of amides is 1. The predicted octanol–water partition coefficient (Wildman–Crippen LogP) is 5.45. The van der Waals surface area contributed by atoms with Crippen molar-refractivity contribution in [2.24, 2.45) is 0 Å². The SMILES string of the molecule is COc1ccccc1-c1csc(NC(=O)c2sc3nc(N)c(C#N)c(-c4cccs4)c3c2N)n1. The summed E-state index contributed by atoms with van der Waals surface area (Å²) in [7, 11) is 1.60. The van der Waals surface area contributed by atoms with Gasteiger partial charge in [-0.3, -0.25) is 10.1 Å². The third-order valence-corrected chi connectivity index (χ3v) is 7.84. The normalized spacial score (nSPS) is 10.8. The summed E-state index contributed by atoms with van der Waals surface area (Å²) in [6.07, 6.45) is 0. The monoisotopic (exact) mass is 504 g/mol. The number of methoxy groups -OCH3 is 1. The molecule has 0 atom stereocenters. The van der Waals surface area contributed by atoms with E-state index in [1.54, 1.807) is 7.11 Å². The van der Waals surface area contributed by atoms with Gasteiger partial charge < -0.3 is 16.2 Å². The van der Waals surface area contributed by atoms with Crippen LogP contribution in [0, 0.1) is 11.3 Å². The Labute approximate surface area is 206 Å². The number of thiazole rings is 1. The molecule has 0 aliphatic rings. The van der Waals surface area contributed by atoms with Gasteiger partial charge in [0.15, 0.2) is 5.13 Å². The molecule has 34 heavy (non-hydrogen) atoms. The lowest BCUT2D eigenvalue weighted by Crippen LogP contribution is -2.11. The number of carbonyl (C=O) groups excluding carboxylic acids is 1. The molecule has 11 heteroatoms. The molecule has 1 amide bonds. The van der Waals surface area contributed by atoms with Crippen LogP contribution in [0.25, 0.3) is 31.9 Å². The number of nitrogens with one attached hydrogen (secondary N) is 1. The quantitative estimate of drug-likeness (QED) is 0.289. The standard InChI is InChI=1S/C23H16N6O2S3/c1-31-14-6-3-2-5-11(14)13-10-33-23(27-13)29-21(30)19-18(25)17-16(15-7-4-8-32-15)12(9-24)20(26)28-22(17)34-19/h2-8,10H,25H2,1H3,(H2,26,28)(H,27,29,30). The Bertz CT molecular complexity index is 1580. The molecule has 168 valence electrons. The molecule has 0 fully saturated rings. The maximum atomic E-state index is 13.2. The van der Waals surface area contributed by atoms with Crippen LogP contribution < -0.4 is 21.5 Å². The minimum atomic E-state index is -0.407. The minimum absolute atomic E-state index is 0.105. The summed E-state index contributed by atoms with van der Waals surface area (Å²) < 4.78 is 5.40. The van der Waals surface area contributed by atoms with Gasteiger partial charge in [-0.25, -0.2) is 9.97 Å². The van der Waals surface area contributed by atoms with Crippen molar-refractivity contribution < 1.29 is 9.53 Å². The molecule has 0 spiro atoms. The van der Waals surface area contributed by atoms with E-state index in [4.69, 9.17) is 16.2 Å². The molecule has 0 unspecified atom stereocenters. The van der Waals surface area contributed by atoms with Crippen LogP contribution in [0.2, 0.25) is 0 Å². The van der Waals surface area contributed by atoms with Gasteiger partial charge in [0.1, 0.15) is 32.9 Å². The van der Waals surface area contributed by atoms with Crippen LogP contribution in [-0.2, 0) is 0 Å². The second-order valence-corrected chi connectivity index (χ2v) is 9.86. The number of pyridine rings is 1. The highest BCUT2D eigenvalue weighted by Gasteiger charge is 2.25. The Morgan fingerprint density at radius 1 is 1.15 bits per heavy atom. The average molecular weight is 505 g/mol. The Kier molecular flexibility index (Phi) is 5.62. The molecule has 8 nitrogen and oxygen atoms in total. The molecule has 5 aromatic rings. The zero-order valence-corrected chi connectivity index (χ0v) is 20.1. The summed E-state index contributed by atoms with van der Waals surface area (Å²) in [5.74, 6) is 0.390. The van der Waals surface area contributed by atoms with Crippen LogP contribution in [-0.4, -0.2) is 23.0 Å². The number of hydrogen-bond acceptors (Lipinski definition) is 10. The predicted molar refractivity (Wildman–Crippen MR) is 139 cm³/mol. The van der Waals surface area contributed by atoms with Crippen molar-refractivity contribution in [3.63, 3.8) is 0 Å². The zero-order valence-electron chi connectivity index (χ0n) is 17.7. The van der Waals surface area contributed by atoms with E-state index in [2.05, 4.69) is 21.4 Å². The first-order valence-electron chi connectivity index (χ1n) is 9.87. The number of benzene rings is 1. The van der Waals surface area contributed by atoms with E-state index in [9.17, 15) is 10.1 Å². The largest absolute Gasteiger partial charge is 0.496 e. The third kappa shape index (κ3) is 3.63. The molecule has 5 N–H and O–H groups in total. The molecule has 0 radical (unpaired) electrons. The van der Waals surface area contributed by atoms with Crippen LogP contribution in [0.1, 0.15) is 15.2 Å². The van der Waals surface area contributed by atoms with Crippen molar-refractivity contribution in [1.82, 2.24) is 9.97 Å². The van der Waals surface area contributed by atoms with E-state index in [1.165, 1.54) is 22.7 Å². The van der Waals surface area contributed by atoms with E-state index in [1.807, 2.05) is 47.2 Å². The summed E-state index contributed by atoms with van der Waals surface area (Å²) in [6.45, 7) is 0. The van der Waals surface area contributed by atoms with Crippen LogP contribution in [0.5, 0.6) is 5.75 Å². The first-order valence-corrected chi connectivity index (χ1v) is 12.4. The van der Waals surface area contributed by atoms with Crippen LogP contribution in [0.3, 0.4) is 0 Å². The number of nitrogens with zero attached hydrogens (tertiary/aromatic N) is 3. The molecular weight excluding hydrogens is 488 g/mol. The molecule has 0 aliphatic heterocycles. The van der Waals surface area contributed by atoms with Gasteiger partial charge in [-0.15, -0.1) is 34.0 Å². The summed E-state index contributed by atoms with van der Waals surface area (Å²) in [4.78, 5) is 23.6. The van der Waals surface area contributed by atoms with Gasteiger partial charge in [0, 0.05) is 26.8 Å². The first kappa shape index (κ1) is 21.8. The average Bonchev–Trinajstić information content (AvgIpc) is 3.59. The van der Waals surface area contributed by atoms with Gasteiger partial charge in [-0.1, -0.05) is 18.2 Å². The van der Waals surface area contributed by atoms with Crippen molar-refractivity contribution >= 4 is 66.8 Å².